The minimum Gasteiger partial charge on any atom is -0.241 e. The van der Waals surface area contributed by atoms with Crippen LogP contribution in [0.15, 0.2) is 28.9 Å². The average Bonchev–Trinajstić information content (AvgIpc) is 2.06. The topological polar surface area (TPSA) is 12.9 Å². The fourth-order valence-corrected chi connectivity index (χ4v) is 1.65. The van der Waals surface area contributed by atoms with E-state index in [1.54, 1.807) is 6.07 Å². The van der Waals surface area contributed by atoms with Crippen molar-refractivity contribution < 1.29 is 4.39 Å². The van der Waals surface area contributed by atoms with Crippen LogP contribution in [0, 0.1) is 12.7 Å². The van der Waals surface area contributed by atoms with Gasteiger partial charge < -0.3 is 0 Å². The maximum Gasteiger partial charge on any atom is 0.124 e. The Kier molecular flexibility index (Phi) is 2.04. The van der Waals surface area contributed by atoms with Crippen LogP contribution in [-0.4, -0.2) is 4.98 Å². The van der Waals surface area contributed by atoms with E-state index < -0.39 is 0 Å². The first-order valence-electron chi connectivity index (χ1n) is 3.89. The van der Waals surface area contributed by atoms with Gasteiger partial charge in [0.15, 0.2) is 0 Å². The van der Waals surface area contributed by atoms with Crippen molar-refractivity contribution in [2.75, 3.05) is 0 Å². The van der Waals surface area contributed by atoms with E-state index >= 15 is 0 Å². The number of rotatable bonds is 0. The van der Waals surface area contributed by atoms with Crippen LogP contribution in [0.2, 0.25) is 0 Å². The van der Waals surface area contributed by atoms with Crippen molar-refractivity contribution >= 4 is 26.8 Å². The van der Waals surface area contributed by atoms with Gasteiger partial charge in [0.2, 0.25) is 0 Å². The van der Waals surface area contributed by atoms with Gasteiger partial charge in [0.25, 0.3) is 0 Å². The SMILES string of the molecule is Cc1cc(F)cc2ccc(Br)nc12. The van der Waals surface area contributed by atoms with Crippen LogP contribution in [-0.2, 0) is 0 Å². The molecule has 0 aliphatic heterocycles. The highest BCUT2D eigenvalue weighted by atomic mass is 79.9. The Morgan fingerprint density at radius 3 is 2.85 bits per heavy atom. The average molecular weight is 240 g/mol. The fourth-order valence-electron chi connectivity index (χ4n) is 1.34. The molecular weight excluding hydrogens is 233 g/mol. The highest BCUT2D eigenvalue weighted by Gasteiger charge is 2.01. The van der Waals surface area contributed by atoms with Crippen molar-refractivity contribution in [1.29, 1.82) is 0 Å². The van der Waals surface area contributed by atoms with E-state index in [2.05, 4.69) is 20.9 Å². The van der Waals surface area contributed by atoms with Crippen molar-refractivity contribution in [2.24, 2.45) is 0 Å². The second kappa shape index (κ2) is 3.07. The molecule has 0 saturated carbocycles. The number of hydrogen-bond donors (Lipinski definition) is 0. The van der Waals surface area contributed by atoms with Crippen LogP contribution < -0.4 is 0 Å². The molecule has 1 heterocycles. The molecule has 0 spiro atoms. The lowest BCUT2D eigenvalue weighted by Gasteiger charge is -2.01. The van der Waals surface area contributed by atoms with Gasteiger partial charge in [-0.2, -0.15) is 0 Å². The molecule has 2 rings (SSSR count). The van der Waals surface area contributed by atoms with Crippen molar-refractivity contribution in [1.82, 2.24) is 4.98 Å². The summed E-state index contributed by atoms with van der Waals surface area (Å²) < 4.78 is 13.7. The molecule has 0 aliphatic rings. The van der Waals surface area contributed by atoms with E-state index in [0.717, 1.165) is 21.1 Å². The molecule has 0 unspecified atom stereocenters. The van der Waals surface area contributed by atoms with Crippen LogP contribution in [0.25, 0.3) is 10.9 Å². The predicted molar refractivity (Wildman–Crippen MR) is 54.1 cm³/mol. The van der Waals surface area contributed by atoms with E-state index in [1.165, 1.54) is 12.1 Å². The maximum absolute atomic E-state index is 13.0. The number of benzene rings is 1. The quantitative estimate of drug-likeness (QED) is 0.642. The number of fused-ring (bicyclic) bond motifs is 1. The molecule has 0 amide bonds. The summed E-state index contributed by atoms with van der Waals surface area (Å²) in [7, 11) is 0. The molecule has 0 N–H and O–H groups in total. The number of halogens is 2. The summed E-state index contributed by atoms with van der Waals surface area (Å²) in [4.78, 5) is 4.27. The van der Waals surface area contributed by atoms with Gasteiger partial charge >= 0.3 is 0 Å². The molecule has 0 bridgehead atoms. The van der Waals surface area contributed by atoms with Crippen molar-refractivity contribution in [2.45, 2.75) is 6.92 Å². The minimum absolute atomic E-state index is 0.214. The van der Waals surface area contributed by atoms with Crippen LogP contribution >= 0.6 is 15.9 Å². The monoisotopic (exact) mass is 239 g/mol. The normalized spacial score (nSPS) is 10.7. The summed E-state index contributed by atoms with van der Waals surface area (Å²) in [6, 6.07) is 6.63. The Balaban J connectivity index is 2.87. The number of hydrogen-bond acceptors (Lipinski definition) is 1. The molecule has 0 atom stereocenters. The van der Waals surface area contributed by atoms with E-state index in [0.29, 0.717) is 0 Å². The molecule has 13 heavy (non-hydrogen) atoms. The van der Waals surface area contributed by atoms with Gasteiger partial charge in [-0.05, 0) is 46.6 Å². The molecule has 1 aromatic carbocycles. The first kappa shape index (κ1) is 8.63. The lowest BCUT2D eigenvalue weighted by atomic mass is 10.1. The smallest absolute Gasteiger partial charge is 0.124 e. The van der Waals surface area contributed by atoms with Crippen molar-refractivity contribution in [3.8, 4) is 0 Å². The number of aromatic nitrogens is 1. The summed E-state index contributed by atoms with van der Waals surface area (Å²) in [5, 5.41) is 0.834. The van der Waals surface area contributed by atoms with E-state index in [9.17, 15) is 4.39 Å². The molecule has 3 heteroatoms. The highest BCUT2D eigenvalue weighted by molar-refractivity contribution is 9.10. The van der Waals surface area contributed by atoms with Crippen molar-refractivity contribution in [3.63, 3.8) is 0 Å². The van der Waals surface area contributed by atoms with Gasteiger partial charge in [-0.3, -0.25) is 0 Å². The van der Waals surface area contributed by atoms with E-state index in [4.69, 9.17) is 0 Å². The van der Waals surface area contributed by atoms with Gasteiger partial charge in [-0.25, -0.2) is 9.37 Å². The lowest BCUT2D eigenvalue weighted by molar-refractivity contribution is 0.628. The molecule has 1 aromatic heterocycles. The van der Waals surface area contributed by atoms with E-state index in [1.807, 2.05) is 13.0 Å². The van der Waals surface area contributed by atoms with Gasteiger partial charge in [0.05, 0.1) is 5.52 Å². The summed E-state index contributed by atoms with van der Waals surface area (Å²) in [6.45, 7) is 1.85. The lowest BCUT2D eigenvalue weighted by Crippen LogP contribution is -1.86. The number of aryl methyl sites for hydroxylation is 1. The number of pyridine rings is 1. The Bertz CT molecular complexity index is 468. The van der Waals surface area contributed by atoms with Crippen LogP contribution in [0.4, 0.5) is 4.39 Å². The Morgan fingerprint density at radius 2 is 2.08 bits per heavy atom. The van der Waals surface area contributed by atoms with Crippen LogP contribution in [0.3, 0.4) is 0 Å². The third-order valence-corrected chi connectivity index (χ3v) is 2.36. The molecular formula is C10H7BrFN. The van der Waals surface area contributed by atoms with Crippen molar-refractivity contribution in [3.05, 3.63) is 40.2 Å². The van der Waals surface area contributed by atoms with Crippen LogP contribution in [0.5, 0.6) is 0 Å². The molecule has 0 aliphatic carbocycles. The Hall–Kier alpha value is -0.960. The first-order valence-corrected chi connectivity index (χ1v) is 4.68. The molecule has 2 aromatic rings. The van der Waals surface area contributed by atoms with Gasteiger partial charge in [-0.1, -0.05) is 6.07 Å². The van der Waals surface area contributed by atoms with E-state index in [-0.39, 0.29) is 5.82 Å². The molecule has 66 valence electrons. The Labute approximate surface area is 83.7 Å². The summed E-state index contributed by atoms with van der Waals surface area (Å²) in [5.41, 5.74) is 1.70. The Morgan fingerprint density at radius 1 is 1.31 bits per heavy atom. The van der Waals surface area contributed by atoms with Gasteiger partial charge in [0.1, 0.15) is 10.4 Å². The van der Waals surface area contributed by atoms with Crippen LogP contribution in [0.1, 0.15) is 5.56 Å². The zero-order valence-corrected chi connectivity index (χ0v) is 8.60. The zero-order valence-electron chi connectivity index (χ0n) is 7.01. The third-order valence-electron chi connectivity index (χ3n) is 1.91. The summed E-state index contributed by atoms with van der Waals surface area (Å²) >= 11 is 3.28. The third kappa shape index (κ3) is 1.56. The zero-order chi connectivity index (χ0) is 9.42. The molecule has 0 fully saturated rings. The van der Waals surface area contributed by atoms with Gasteiger partial charge in [0, 0.05) is 5.39 Å². The minimum atomic E-state index is -0.214. The largest absolute Gasteiger partial charge is 0.241 e. The molecule has 0 saturated heterocycles. The second-order valence-electron chi connectivity index (χ2n) is 2.93. The second-order valence-corrected chi connectivity index (χ2v) is 3.74. The summed E-state index contributed by atoms with van der Waals surface area (Å²) in [6.07, 6.45) is 0. The highest BCUT2D eigenvalue weighted by Crippen LogP contribution is 2.20. The molecule has 0 radical (unpaired) electrons. The molecule has 1 nitrogen and oxygen atoms in total. The summed E-state index contributed by atoms with van der Waals surface area (Å²) in [5.74, 6) is -0.214. The standard InChI is InChI=1S/C10H7BrFN/c1-6-4-8(12)5-7-2-3-9(11)13-10(6)7/h2-5H,1H3. The number of nitrogens with zero attached hydrogens (tertiary/aromatic N) is 1. The predicted octanol–water partition coefficient (Wildman–Crippen LogP) is 3.44. The maximum atomic E-state index is 13.0. The van der Waals surface area contributed by atoms with Gasteiger partial charge in [-0.15, -0.1) is 0 Å². The first-order chi connectivity index (χ1) is 6.16. The fraction of sp³-hybridized carbons (Fsp3) is 0.100.